The third-order valence-electron chi connectivity index (χ3n) is 0.138. The zero-order valence-corrected chi connectivity index (χ0v) is 2.53. The van der Waals surface area contributed by atoms with Crippen molar-refractivity contribution in [1.82, 2.24) is 0 Å². The highest BCUT2D eigenvalue weighted by atomic mass is 19.1. The molecule has 0 bridgehead atoms. The zero-order chi connectivity index (χ0) is 4.12. The van der Waals surface area contributed by atoms with Crippen molar-refractivity contribution < 1.29 is 4.39 Å². The molecule has 25 valence electrons. The summed E-state index contributed by atoms with van der Waals surface area (Å²) in [5.74, 6) is 1.85. The lowest BCUT2D eigenvalue weighted by Crippen LogP contribution is -1.33. The van der Waals surface area contributed by atoms with Gasteiger partial charge in [0.1, 0.15) is 6.17 Å². The van der Waals surface area contributed by atoms with Crippen molar-refractivity contribution in [2.45, 2.75) is 0 Å². The molecular formula is C4H2F. The van der Waals surface area contributed by atoms with E-state index in [1.807, 2.05) is 5.92 Å². The van der Waals surface area contributed by atoms with Crippen LogP contribution in [0.2, 0.25) is 0 Å². The van der Waals surface area contributed by atoms with E-state index in [-0.39, 0.29) is 0 Å². The van der Waals surface area contributed by atoms with E-state index in [0.29, 0.717) is 0 Å². The first kappa shape index (κ1) is 4.23. The Hall–Kier alpha value is -0.770. The molecule has 0 spiro atoms. The Morgan fingerprint density at radius 2 is 2.40 bits per heavy atom. The first-order valence-corrected chi connectivity index (χ1v) is 1.06. The molecular weight excluding hydrogens is 67.0 g/mol. The molecule has 0 saturated carbocycles. The molecule has 0 nitrogen and oxygen atoms in total. The van der Waals surface area contributed by atoms with Gasteiger partial charge in [-0.05, 0) is 12.0 Å². The van der Waals surface area contributed by atoms with Crippen LogP contribution >= 0.6 is 0 Å². The Labute approximate surface area is 30.3 Å². The van der Waals surface area contributed by atoms with Gasteiger partial charge in [-0.25, -0.2) is 0 Å². The molecule has 0 aliphatic rings. The summed E-state index contributed by atoms with van der Waals surface area (Å²) in [5, 5.41) is 0. The van der Waals surface area contributed by atoms with Gasteiger partial charge < -0.3 is 0 Å². The molecule has 0 aromatic rings. The van der Waals surface area contributed by atoms with Crippen molar-refractivity contribution >= 4 is 0 Å². The maximum absolute atomic E-state index is 10.5. The lowest BCUT2D eigenvalue weighted by atomic mass is 10.7. The Kier molecular flexibility index (Phi) is 2.73. The van der Waals surface area contributed by atoms with Crippen LogP contribution in [0.4, 0.5) is 4.39 Å². The Morgan fingerprint density at radius 3 is 2.40 bits per heavy atom. The molecule has 0 rings (SSSR count). The van der Waals surface area contributed by atoms with Crippen LogP contribution in [0.5, 0.6) is 0 Å². The summed E-state index contributed by atoms with van der Waals surface area (Å²) in [4.78, 5) is 0. The monoisotopic (exact) mass is 69.0 g/mol. The highest BCUT2D eigenvalue weighted by Crippen LogP contribution is 1.53. The van der Waals surface area contributed by atoms with Crippen LogP contribution in [0, 0.1) is 18.7 Å². The summed E-state index contributed by atoms with van der Waals surface area (Å²) in [6.45, 7) is 4.60. The smallest absolute Gasteiger partial charge is 0.110 e. The van der Waals surface area contributed by atoms with Gasteiger partial charge in [-0.3, -0.25) is 0 Å². The van der Waals surface area contributed by atoms with Crippen LogP contribution in [0.1, 0.15) is 0 Å². The Balaban J connectivity index is 3.16. The second-order valence-corrected chi connectivity index (χ2v) is 0.405. The highest BCUT2D eigenvalue weighted by molar-refractivity contribution is 5.05. The minimum atomic E-state index is 0.944. The van der Waals surface area contributed by atoms with Crippen LogP contribution in [0.3, 0.4) is 0 Å². The third kappa shape index (κ3) is 3.23. The fourth-order valence-corrected chi connectivity index (χ4v) is 0.0315. The van der Waals surface area contributed by atoms with E-state index >= 15 is 0 Å². The molecule has 0 unspecified atom stereocenters. The molecule has 1 radical (unpaired) electrons. The standard InChI is InChI=1S/C4H2F/c1-2-3-4-5/h1-2H. The molecule has 0 heterocycles. The minimum absolute atomic E-state index is 0.944. The first-order valence-electron chi connectivity index (χ1n) is 1.06. The van der Waals surface area contributed by atoms with Crippen molar-refractivity contribution in [2.75, 3.05) is 0 Å². The SMILES string of the molecule is [CH]=CC#CF. The summed E-state index contributed by atoms with van der Waals surface area (Å²) in [6.07, 6.45) is 2.03. The fourth-order valence-electron chi connectivity index (χ4n) is 0.0315. The van der Waals surface area contributed by atoms with Gasteiger partial charge in [0, 0.05) is 0 Å². The molecule has 5 heavy (non-hydrogen) atoms. The third-order valence-corrected chi connectivity index (χ3v) is 0.138. The van der Waals surface area contributed by atoms with E-state index in [2.05, 4.69) is 6.58 Å². The van der Waals surface area contributed by atoms with Crippen molar-refractivity contribution in [1.29, 1.82) is 0 Å². The quantitative estimate of drug-likeness (QED) is 0.371. The molecule has 0 aliphatic heterocycles. The number of allylic oxidation sites excluding steroid dienone is 1. The summed E-state index contributed by atoms with van der Waals surface area (Å²) in [5.41, 5.74) is 0. The molecule has 0 amide bonds. The van der Waals surface area contributed by atoms with Crippen LogP contribution in [-0.4, -0.2) is 0 Å². The largest absolute Gasteiger partial charge is 0.144 e. The van der Waals surface area contributed by atoms with E-state index in [9.17, 15) is 4.39 Å². The average Bonchev–Trinajstić information content (AvgIpc) is 1.41. The average molecular weight is 69.1 g/mol. The maximum Gasteiger partial charge on any atom is 0.110 e. The molecule has 1 heteroatoms. The Bertz CT molecular complexity index is 73.4. The van der Waals surface area contributed by atoms with Gasteiger partial charge in [-0.1, -0.05) is 6.58 Å². The van der Waals surface area contributed by atoms with Crippen molar-refractivity contribution in [3.8, 4) is 12.1 Å². The lowest BCUT2D eigenvalue weighted by molar-refractivity contribution is 0.774. The first-order chi connectivity index (χ1) is 2.41. The number of hydrogen-bond acceptors (Lipinski definition) is 0. The molecule has 0 aromatic carbocycles. The maximum atomic E-state index is 10.5. The molecule has 0 aromatic heterocycles. The van der Waals surface area contributed by atoms with Gasteiger partial charge in [0.25, 0.3) is 0 Å². The predicted molar refractivity (Wildman–Crippen MR) is 17.8 cm³/mol. The zero-order valence-electron chi connectivity index (χ0n) is 2.53. The van der Waals surface area contributed by atoms with Crippen LogP contribution in [0.25, 0.3) is 0 Å². The topological polar surface area (TPSA) is 0 Å². The fraction of sp³-hybridized carbons (Fsp3) is 0. The van der Waals surface area contributed by atoms with E-state index < -0.39 is 0 Å². The van der Waals surface area contributed by atoms with E-state index in [1.165, 1.54) is 0 Å². The molecule has 0 saturated heterocycles. The van der Waals surface area contributed by atoms with E-state index in [4.69, 9.17) is 0 Å². The van der Waals surface area contributed by atoms with E-state index in [0.717, 1.165) is 12.3 Å². The minimum Gasteiger partial charge on any atom is -0.144 e. The van der Waals surface area contributed by atoms with Gasteiger partial charge in [0.15, 0.2) is 0 Å². The molecule has 0 aliphatic carbocycles. The van der Waals surface area contributed by atoms with Gasteiger partial charge in [0.2, 0.25) is 0 Å². The number of rotatable bonds is 0. The molecule has 0 N–H and O–H groups in total. The van der Waals surface area contributed by atoms with Crippen molar-refractivity contribution in [2.24, 2.45) is 0 Å². The second kappa shape index (κ2) is 3.23. The number of halogens is 1. The summed E-state index contributed by atoms with van der Waals surface area (Å²) < 4.78 is 10.5. The van der Waals surface area contributed by atoms with Gasteiger partial charge in [0.05, 0.1) is 0 Å². The highest BCUT2D eigenvalue weighted by Gasteiger charge is 1.41. The molecule has 0 atom stereocenters. The van der Waals surface area contributed by atoms with Crippen molar-refractivity contribution in [3.63, 3.8) is 0 Å². The number of hydrogen-bond donors (Lipinski definition) is 0. The van der Waals surface area contributed by atoms with Crippen LogP contribution < -0.4 is 0 Å². The van der Waals surface area contributed by atoms with Crippen molar-refractivity contribution in [3.05, 3.63) is 12.7 Å². The Morgan fingerprint density at radius 1 is 1.80 bits per heavy atom. The predicted octanol–water partition coefficient (Wildman–Crippen LogP) is 0.906. The van der Waals surface area contributed by atoms with Crippen LogP contribution in [-0.2, 0) is 0 Å². The summed E-state index contributed by atoms with van der Waals surface area (Å²) in [7, 11) is 0. The summed E-state index contributed by atoms with van der Waals surface area (Å²) in [6, 6.07) is 0. The second-order valence-electron chi connectivity index (χ2n) is 0.405. The van der Waals surface area contributed by atoms with Gasteiger partial charge >= 0.3 is 0 Å². The van der Waals surface area contributed by atoms with Gasteiger partial charge in [-0.2, -0.15) is 0 Å². The summed E-state index contributed by atoms with van der Waals surface area (Å²) >= 11 is 0. The van der Waals surface area contributed by atoms with Crippen LogP contribution in [0.15, 0.2) is 6.08 Å². The van der Waals surface area contributed by atoms with Gasteiger partial charge in [-0.15, -0.1) is 4.39 Å². The molecule has 0 fully saturated rings. The van der Waals surface area contributed by atoms with E-state index in [1.54, 1.807) is 0 Å². The normalized spacial score (nSPS) is 4.20. The lowest BCUT2D eigenvalue weighted by Gasteiger charge is -1.43.